The van der Waals surface area contributed by atoms with E-state index in [1.165, 1.54) is 23.0 Å². The molecule has 0 saturated carbocycles. The molecule has 0 aliphatic heterocycles. The zero-order chi connectivity index (χ0) is 24.7. The molecule has 2 aromatic carbocycles. The topological polar surface area (TPSA) is 88.4 Å². The molecule has 0 atom stereocenters. The van der Waals surface area contributed by atoms with Crippen LogP contribution in [0, 0.1) is 11.3 Å². The number of hydrogen-bond acceptors (Lipinski definition) is 6. The first-order valence-corrected chi connectivity index (χ1v) is 11.7. The Kier molecular flexibility index (Phi) is 8.23. The van der Waals surface area contributed by atoms with E-state index in [1.807, 2.05) is 42.5 Å². The van der Waals surface area contributed by atoms with Gasteiger partial charge in [-0.05, 0) is 47.7 Å². The molecule has 1 amide bonds. The summed E-state index contributed by atoms with van der Waals surface area (Å²) in [5.74, 6) is -0.0621. The lowest BCUT2D eigenvalue weighted by Crippen LogP contribution is -2.16. The van der Waals surface area contributed by atoms with Crippen molar-refractivity contribution in [3.05, 3.63) is 76.2 Å². The lowest BCUT2D eigenvalue weighted by atomic mass is 10.0. The van der Waals surface area contributed by atoms with Gasteiger partial charge in [-0.1, -0.05) is 50.2 Å². The largest absolute Gasteiger partial charge is 0.497 e. The van der Waals surface area contributed by atoms with E-state index in [0.29, 0.717) is 22.2 Å². The number of ether oxygens (including phenoxy) is 2. The monoisotopic (exact) mass is 474 g/mol. The van der Waals surface area contributed by atoms with Crippen LogP contribution >= 0.6 is 11.3 Å². The van der Waals surface area contributed by atoms with Crippen LogP contribution in [-0.2, 0) is 9.53 Å². The lowest BCUT2D eigenvalue weighted by molar-refractivity contribution is -0.112. The van der Waals surface area contributed by atoms with Gasteiger partial charge in [-0.25, -0.2) is 4.79 Å². The highest BCUT2D eigenvalue weighted by Crippen LogP contribution is 2.37. The van der Waals surface area contributed by atoms with Gasteiger partial charge in [0.05, 0.1) is 13.7 Å². The first-order valence-electron chi connectivity index (χ1n) is 10.8. The van der Waals surface area contributed by atoms with Crippen LogP contribution in [0.2, 0.25) is 0 Å². The normalized spacial score (nSPS) is 11.1. The molecule has 0 spiro atoms. The quantitative estimate of drug-likeness (QED) is 0.236. The number of nitrogens with zero attached hydrogens (tertiary/aromatic N) is 1. The Hall–Kier alpha value is -3.89. The number of carbonyl (C=O) groups excluding carboxylic acids is 2. The van der Waals surface area contributed by atoms with Crippen LogP contribution in [-0.4, -0.2) is 25.6 Å². The fraction of sp³-hybridized carbons (Fsp3) is 0.222. The lowest BCUT2D eigenvalue weighted by Gasteiger charge is -2.09. The molecule has 3 rings (SSSR count). The minimum atomic E-state index is -0.593. The molecule has 0 fully saturated rings. The molecule has 174 valence electrons. The molecule has 0 aliphatic carbocycles. The Balaban J connectivity index is 1.92. The summed E-state index contributed by atoms with van der Waals surface area (Å²) in [6.45, 7) is 6.11. The maximum atomic E-state index is 12.9. The Morgan fingerprint density at radius 3 is 2.35 bits per heavy atom. The third-order valence-corrected chi connectivity index (χ3v) is 6.07. The van der Waals surface area contributed by atoms with Crippen LogP contribution in [0.4, 0.5) is 5.00 Å². The predicted molar refractivity (Wildman–Crippen MR) is 135 cm³/mol. The first kappa shape index (κ1) is 24.7. The van der Waals surface area contributed by atoms with Gasteiger partial charge < -0.3 is 14.8 Å². The zero-order valence-electron chi connectivity index (χ0n) is 19.5. The number of thiophene rings is 1. The van der Waals surface area contributed by atoms with Crippen LogP contribution < -0.4 is 10.1 Å². The standard InChI is InChI=1S/C27H26N2O4S/c1-5-33-27(31)24-23(20-10-12-22(32-4)13-11-20)16-34-26(24)29-25(30)21(15-28)14-18-6-8-19(9-7-18)17(2)3/h6-14,16-17H,5H2,1-4H3,(H,29,30). The van der Waals surface area contributed by atoms with Crippen LogP contribution in [0.3, 0.4) is 0 Å². The summed E-state index contributed by atoms with van der Waals surface area (Å²) in [6, 6.07) is 16.9. The van der Waals surface area contributed by atoms with Crippen molar-refractivity contribution in [1.29, 1.82) is 5.26 Å². The summed E-state index contributed by atoms with van der Waals surface area (Å²) >= 11 is 1.20. The van der Waals surface area contributed by atoms with Crippen LogP contribution in [0.15, 0.2) is 59.5 Å². The van der Waals surface area contributed by atoms with Crippen molar-refractivity contribution in [2.45, 2.75) is 26.7 Å². The van der Waals surface area contributed by atoms with Gasteiger partial charge in [0.2, 0.25) is 0 Å². The van der Waals surface area contributed by atoms with Crippen molar-refractivity contribution in [3.63, 3.8) is 0 Å². The van der Waals surface area contributed by atoms with Gasteiger partial charge in [-0.2, -0.15) is 5.26 Å². The van der Waals surface area contributed by atoms with E-state index in [9.17, 15) is 14.9 Å². The maximum Gasteiger partial charge on any atom is 0.341 e. The molecule has 3 aromatic rings. The second-order valence-electron chi connectivity index (χ2n) is 7.75. The number of rotatable bonds is 8. The SMILES string of the molecule is CCOC(=O)c1c(-c2ccc(OC)cc2)csc1NC(=O)C(C#N)=Cc1ccc(C(C)C)cc1. The van der Waals surface area contributed by atoms with Crippen molar-refractivity contribution in [2.75, 3.05) is 19.0 Å². The van der Waals surface area contributed by atoms with Crippen molar-refractivity contribution in [3.8, 4) is 22.9 Å². The van der Waals surface area contributed by atoms with Gasteiger partial charge in [-0.15, -0.1) is 11.3 Å². The third kappa shape index (κ3) is 5.72. The van der Waals surface area contributed by atoms with E-state index in [2.05, 4.69) is 19.2 Å². The Morgan fingerprint density at radius 1 is 1.12 bits per heavy atom. The van der Waals surface area contributed by atoms with Crippen molar-refractivity contribution >= 4 is 34.3 Å². The average molecular weight is 475 g/mol. The number of anilines is 1. The van der Waals surface area contributed by atoms with Gasteiger partial charge in [-0.3, -0.25) is 4.79 Å². The minimum absolute atomic E-state index is 0.0634. The Morgan fingerprint density at radius 2 is 1.79 bits per heavy atom. The smallest absolute Gasteiger partial charge is 0.341 e. The highest BCUT2D eigenvalue weighted by Gasteiger charge is 2.24. The molecule has 7 heteroatoms. The molecule has 0 radical (unpaired) electrons. The van der Waals surface area contributed by atoms with E-state index in [4.69, 9.17) is 9.47 Å². The van der Waals surface area contributed by atoms with Crippen LogP contribution in [0.5, 0.6) is 5.75 Å². The van der Waals surface area contributed by atoms with Gasteiger partial charge in [0.15, 0.2) is 0 Å². The number of carbonyl (C=O) groups is 2. The van der Waals surface area contributed by atoms with Crippen LogP contribution in [0.25, 0.3) is 17.2 Å². The summed E-state index contributed by atoms with van der Waals surface area (Å²) in [5.41, 5.74) is 3.51. The van der Waals surface area contributed by atoms with Gasteiger partial charge in [0.1, 0.15) is 28.0 Å². The summed E-state index contributed by atoms with van der Waals surface area (Å²) in [6.07, 6.45) is 1.53. The Bertz CT molecular complexity index is 1230. The Labute approximate surface area is 203 Å². The fourth-order valence-electron chi connectivity index (χ4n) is 3.30. The van der Waals surface area contributed by atoms with Crippen molar-refractivity contribution < 1.29 is 19.1 Å². The number of hydrogen-bond donors (Lipinski definition) is 1. The zero-order valence-corrected chi connectivity index (χ0v) is 20.4. The minimum Gasteiger partial charge on any atom is -0.497 e. The highest BCUT2D eigenvalue weighted by atomic mass is 32.1. The second-order valence-corrected chi connectivity index (χ2v) is 8.63. The predicted octanol–water partition coefficient (Wildman–Crippen LogP) is 6.27. The van der Waals surface area contributed by atoms with Crippen LogP contribution in [0.1, 0.15) is 48.2 Å². The molecular formula is C27H26N2O4S. The molecule has 1 N–H and O–H groups in total. The maximum absolute atomic E-state index is 12.9. The fourth-order valence-corrected chi connectivity index (χ4v) is 4.25. The first-order chi connectivity index (χ1) is 16.4. The molecule has 6 nitrogen and oxygen atoms in total. The number of nitriles is 1. The van der Waals surface area contributed by atoms with Crippen molar-refractivity contribution in [2.24, 2.45) is 0 Å². The van der Waals surface area contributed by atoms with E-state index < -0.39 is 11.9 Å². The molecule has 0 unspecified atom stereocenters. The van der Waals surface area contributed by atoms with Gasteiger partial charge >= 0.3 is 5.97 Å². The molecule has 0 aliphatic rings. The van der Waals surface area contributed by atoms with E-state index in [1.54, 1.807) is 31.5 Å². The summed E-state index contributed by atoms with van der Waals surface area (Å²) in [5, 5.41) is 14.4. The summed E-state index contributed by atoms with van der Waals surface area (Å²) in [7, 11) is 1.58. The molecular weight excluding hydrogens is 448 g/mol. The highest BCUT2D eigenvalue weighted by molar-refractivity contribution is 7.15. The number of methoxy groups -OCH3 is 1. The summed E-state index contributed by atoms with van der Waals surface area (Å²) < 4.78 is 10.4. The van der Waals surface area contributed by atoms with E-state index >= 15 is 0 Å². The van der Waals surface area contributed by atoms with Gasteiger partial charge in [0, 0.05) is 10.9 Å². The van der Waals surface area contributed by atoms with E-state index in [-0.39, 0.29) is 17.7 Å². The third-order valence-electron chi connectivity index (χ3n) is 5.18. The number of benzene rings is 2. The number of nitrogens with one attached hydrogen (secondary N) is 1. The molecule has 0 bridgehead atoms. The van der Waals surface area contributed by atoms with Crippen molar-refractivity contribution in [1.82, 2.24) is 0 Å². The number of esters is 1. The second kappa shape index (κ2) is 11.3. The molecule has 0 saturated heterocycles. The summed E-state index contributed by atoms with van der Waals surface area (Å²) in [4.78, 5) is 25.7. The van der Waals surface area contributed by atoms with Gasteiger partial charge in [0.25, 0.3) is 5.91 Å². The number of amides is 1. The average Bonchev–Trinajstić information content (AvgIpc) is 3.26. The molecule has 1 aromatic heterocycles. The molecule has 1 heterocycles. The van der Waals surface area contributed by atoms with E-state index in [0.717, 1.165) is 11.1 Å². The molecule has 34 heavy (non-hydrogen) atoms.